The van der Waals surface area contributed by atoms with E-state index >= 15 is 0 Å². The SMILES string of the molecule is CCOC(=O)Cc1nc(F)cc(CBr)c1C(F)F. The number of carbonyl (C=O) groups is 1. The molecule has 0 spiro atoms. The van der Waals surface area contributed by atoms with Crippen molar-refractivity contribution in [2.75, 3.05) is 6.61 Å². The average molecular weight is 326 g/mol. The number of nitrogens with zero attached hydrogens (tertiary/aromatic N) is 1. The molecular weight excluding hydrogens is 315 g/mol. The Morgan fingerprint density at radius 2 is 2.22 bits per heavy atom. The van der Waals surface area contributed by atoms with Crippen molar-refractivity contribution in [1.29, 1.82) is 0 Å². The Morgan fingerprint density at radius 3 is 2.72 bits per heavy atom. The van der Waals surface area contributed by atoms with Crippen LogP contribution in [0.5, 0.6) is 0 Å². The van der Waals surface area contributed by atoms with Gasteiger partial charge in [0, 0.05) is 10.9 Å². The van der Waals surface area contributed by atoms with Crippen molar-refractivity contribution < 1.29 is 22.7 Å². The maximum atomic E-state index is 13.2. The predicted octanol–water partition coefficient (Wildman–Crippen LogP) is 3.16. The number of pyridine rings is 1. The molecule has 0 N–H and O–H groups in total. The maximum absolute atomic E-state index is 13.2. The first-order valence-corrected chi connectivity index (χ1v) is 6.29. The van der Waals surface area contributed by atoms with Crippen LogP contribution < -0.4 is 0 Å². The smallest absolute Gasteiger partial charge is 0.311 e. The second-order valence-electron chi connectivity index (χ2n) is 3.38. The van der Waals surface area contributed by atoms with Gasteiger partial charge >= 0.3 is 5.97 Å². The molecule has 0 radical (unpaired) electrons. The second kappa shape index (κ2) is 6.72. The minimum Gasteiger partial charge on any atom is -0.466 e. The largest absolute Gasteiger partial charge is 0.466 e. The summed E-state index contributed by atoms with van der Waals surface area (Å²) in [6.07, 6.45) is -3.29. The van der Waals surface area contributed by atoms with Crippen molar-refractivity contribution in [3.05, 3.63) is 28.8 Å². The van der Waals surface area contributed by atoms with E-state index in [0.29, 0.717) is 0 Å². The lowest BCUT2D eigenvalue weighted by Gasteiger charge is -2.11. The van der Waals surface area contributed by atoms with E-state index in [4.69, 9.17) is 0 Å². The Labute approximate surface area is 110 Å². The molecule has 0 aromatic carbocycles. The van der Waals surface area contributed by atoms with Gasteiger partial charge in [0.05, 0.1) is 18.7 Å². The second-order valence-corrected chi connectivity index (χ2v) is 3.94. The fourth-order valence-corrected chi connectivity index (χ4v) is 1.95. The Bertz CT molecular complexity index is 441. The van der Waals surface area contributed by atoms with Crippen molar-refractivity contribution in [2.24, 2.45) is 0 Å². The highest BCUT2D eigenvalue weighted by Gasteiger charge is 2.22. The van der Waals surface area contributed by atoms with Gasteiger partial charge in [0.25, 0.3) is 6.43 Å². The van der Waals surface area contributed by atoms with Gasteiger partial charge in [-0.2, -0.15) is 4.39 Å². The number of rotatable bonds is 5. The van der Waals surface area contributed by atoms with Crippen molar-refractivity contribution in [3.63, 3.8) is 0 Å². The van der Waals surface area contributed by atoms with Gasteiger partial charge in [0.2, 0.25) is 5.95 Å². The van der Waals surface area contributed by atoms with Crippen molar-refractivity contribution >= 4 is 21.9 Å². The maximum Gasteiger partial charge on any atom is 0.311 e. The first-order valence-electron chi connectivity index (χ1n) is 5.17. The topological polar surface area (TPSA) is 39.2 Å². The molecule has 100 valence electrons. The van der Waals surface area contributed by atoms with Gasteiger partial charge in [-0.25, -0.2) is 13.8 Å². The number of hydrogen-bond donors (Lipinski definition) is 0. The van der Waals surface area contributed by atoms with Crippen molar-refractivity contribution in [2.45, 2.75) is 25.1 Å². The number of esters is 1. The van der Waals surface area contributed by atoms with E-state index in [-0.39, 0.29) is 23.2 Å². The van der Waals surface area contributed by atoms with Crippen LogP contribution in [0.25, 0.3) is 0 Å². The molecule has 1 aromatic heterocycles. The Hall–Kier alpha value is -1.11. The monoisotopic (exact) mass is 325 g/mol. The van der Waals surface area contributed by atoms with Crippen LogP contribution in [0.15, 0.2) is 6.07 Å². The molecule has 0 saturated carbocycles. The molecule has 0 aliphatic carbocycles. The average Bonchev–Trinajstić information content (AvgIpc) is 2.27. The molecule has 1 rings (SSSR count). The summed E-state index contributed by atoms with van der Waals surface area (Å²) in [5.41, 5.74) is -0.615. The van der Waals surface area contributed by atoms with Crippen LogP contribution in [0.4, 0.5) is 13.2 Å². The summed E-state index contributed by atoms with van der Waals surface area (Å²) in [6, 6.07) is 0.922. The number of aromatic nitrogens is 1. The Morgan fingerprint density at radius 1 is 1.56 bits per heavy atom. The summed E-state index contributed by atoms with van der Waals surface area (Å²) in [6.45, 7) is 1.72. The lowest BCUT2D eigenvalue weighted by atomic mass is 10.1. The van der Waals surface area contributed by atoms with Crippen LogP contribution >= 0.6 is 15.9 Å². The lowest BCUT2D eigenvalue weighted by Crippen LogP contribution is -2.13. The van der Waals surface area contributed by atoms with E-state index in [2.05, 4.69) is 25.7 Å². The van der Waals surface area contributed by atoms with E-state index in [1.165, 1.54) is 0 Å². The zero-order valence-corrected chi connectivity index (χ0v) is 11.1. The summed E-state index contributed by atoms with van der Waals surface area (Å²) in [5.74, 6) is -1.61. The lowest BCUT2D eigenvalue weighted by molar-refractivity contribution is -0.142. The molecule has 0 fully saturated rings. The summed E-state index contributed by atoms with van der Waals surface area (Å²) < 4.78 is 43.6. The van der Waals surface area contributed by atoms with Gasteiger partial charge in [0.15, 0.2) is 0 Å². The zero-order chi connectivity index (χ0) is 13.7. The van der Waals surface area contributed by atoms with E-state index in [1.54, 1.807) is 6.92 Å². The van der Waals surface area contributed by atoms with E-state index in [1.807, 2.05) is 0 Å². The van der Waals surface area contributed by atoms with Crippen LogP contribution in [-0.4, -0.2) is 17.6 Å². The molecule has 18 heavy (non-hydrogen) atoms. The molecule has 3 nitrogen and oxygen atoms in total. The third-order valence-corrected chi connectivity index (χ3v) is 2.78. The molecule has 7 heteroatoms. The quantitative estimate of drug-likeness (QED) is 0.474. The first-order chi connectivity index (χ1) is 8.49. The van der Waals surface area contributed by atoms with Gasteiger partial charge in [0.1, 0.15) is 0 Å². The first kappa shape index (κ1) is 14.9. The summed E-state index contributed by atoms with van der Waals surface area (Å²) in [4.78, 5) is 14.6. The summed E-state index contributed by atoms with van der Waals surface area (Å²) in [5, 5.41) is 0.0575. The van der Waals surface area contributed by atoms with E-state index in [9.17, 15) is 18.0 Å². The third kappa shape index (κ3) is 3.69. The highest BCUT2D eigenvalue weighted by atomic mass is 79.9. The Balaban J connectivity index is 3.15. The van der Waals surface area contributed by atoms with E-state index < -0.39 is 30.3 Å². The third-order valence-electron chi connectivity index (χ3n) is 2.17. The number of hydrogen-bond acceptors (Lipinski definition) is 3. The highest BCUT2D eigenvalue weighted by molar-refractivity contribution is 9.08. The Kier molecular flexibility index (Phi) is 5.58. The summed E-state index contributed by atoms with van der Waals surface area (Å²) >= 11 is 3.00. The molecule has 1 heterocycles. The molecule has 0 atom stereocenters. The van der Waals surface area contributed by atoms with Gasteiger partial charge in [-0.05, 0) is 18.6 Å². The number of alkyl halides is 3. The molecule has 0 bridgehead atoms. The molecule has 0 aliphatic heterocycles. The molecule has 0 unspecified atom stereocenters. The number of carbonyl (C=O) groups excluding carboxylic acids is 1. The van der Waals surface area contributed by atoms with Crippen LogP contribution in [0.3, 0.4) is 0 Å². The minimum absolute atomic E-state index is 0.0575. The van der Waals surface area contributed by atoms with Gasteiger partial charge in [-0.3, -0.25) is 4.79 Å². The summed E-state index contributed by atoms with van der Waals surface area (Å²) in [7, 11) is 0. The fourth-order valence-electron chi connectivity index (χ4n) is 1.49. The molecule has 0 aliphatic rings. The van der Waals surface area contributed by atoms with Crippen LogP contribution in [0.1, 0.15) is 30.2 Å². The predicted molar refractivity (Wildman–Crippen MR) is 62.1 cm³/mol. The van der Waals surface area contributed by atoms with Gasteiger partial charge < -0.3 is 4.74 Å². The van der Waals surface area contributed by atoms with Crippen LogP contribution in [-0.2, 0) is 21.3 Å². The number of halogens is 4. The molecular formula is C11H11BrF3NO2. The molecule has 1 aromatic rings. The van der Waals surface area contributed by atoms with Crippen molar-refractivity contribution in [3.8, 4) is 0 Å². The van der Waals surface area contributed by atoms with Gasteiger partial charge in [-0.15, -0.1) is 0 Å². The fraction of sp³-hybridized carbons (Fsp3) is 0.455. The van der Waals surface area contributed by atoms with Crippen LogP contribution in [0, 0.1) is 5.95 Å². The van der Waals surface area contributed by atoms with Crippen molar-refractivity contribution in [1.82, 2.24) is 4.98 Å². The van der Waals surface area contributed by atoms with Crippen LogP contribution in [0.2, 0.25) is 0 Å². The van der Waals surface area contributed by atoms with Gasteiger partial charge in [-0.1, -0.05) is 15.9 Å². The van der Waals surface area contributed by atoms with E-state index in [0.717, 1.165) is 6.07 Å². The highest BCUT2D eigenvalue weighted by Crippen LogP contribution is 2.28. The molecule has 0 saturated heterocycles. The molecule has 0 amide bonds. The number of ether oxygens (including phenoxy) is 1. The minimum atomic E-state index is -2.82. The normalized spacial score (nSPS) is 10.8. The zero-order valence-electron chi connectivity index (χ0n) is 9.55. The standard InChI is InChI=1S/C11H11BrF3NO2/c1-2-18-9(17)4-7-10(11(14)15)6(5-12)3-8(13)16-7/h3,11H,2,4-5H2,1H3.